The van der Waals surface area contributed by atoms with Crippen LogP contribution in [0.4, 0.5) is 13.2 Å². The van der Waals surface area contributed by atoms with Gasteiger partial charge in [0.05, 0.1) is 4.92 Å². The summed E-state index contributed by atoms with van der Waals surface area (Å²) in [7, 11) is 0. The highest BCUT2D eigenvalue weighted by atomic mass is 19.4. The van der Waals surface area contributed by atoms with Crippen LogP contribution in [0, 0.1) is 10.1 Å². The minimum Gasteiger partial charge on any atom is -0.405 e. The molecule has 5 nitrogen and oxygen atoms in total. The zero-order chi connectivity index (χ0) is 14.6. The number of rotatable bonds is 4. The molecule has 1 aromatic carbocycles. The summed E-state index contributed by atoms with van der Waals surface area (Å²) in [5.74, 6) is -1.48. The Kier molecular flexibility index (Phi) is 4.26. The number of halogens is 3. The molecule has 102 valence electrons. The van der Waals surface area contributed by atoms with Crippen LogP contribution in [0.15, 0.2) is 30.0 Å². The van der Waals surface area contributed by atoms with Crippen LogP contribution < -0.4 is 4.74 Å². The maximum absolute atomic E-state index is 12.1. The van der Waals surface area contributed by atoms with Gasteiger partial charge in [0.25, 0.3) is 0 Å². The second-order valence-electron chi connectivity index (χ2n) is 3.43. The van der Waals surface area contributed by atoms with E-state index in [1.807, 2.05) is 0 Å². The molecule has 0 atom stereocenters. The standard InChI is InChI=1S/C11H8F3NO4/c1-7(16)9(15(17)18)6-8-4-2-3-5-10(8)19-11(12,13)14/h2-6H,1H3/b9-6+. The van der Waals surface area contributed by atoms with Crippen molar-refractivity contribution in [1.29, 1.82) is 0 Å². The number of hydrogen-bond acceptors (Lipinski definition) is 4. The Hall–Kier alpha value is -2.38. The highest BCUT2D eigenvalue weighted by Gasteiger charge is 2.32. The third-order valence-electron chi connectivity index (χ3n) is 1.99. The number of nitrogens with zero attached hydrogens (tertiary/aromatic N) is 1. The molecule has 0 amide bonds. The number of Topliss-reactive ketones (excluding diaryl/α,β-unsaturated/α-hetero) is 1. The Morgan fingerprint density at radius 2 is 1.95 bits per heavy atom. The van der Waals surface area contributed by atoms with Crippen LogP contribution in [-0.4, -0.2) is 17.1 Å². The molecule has 19 heavy (non-hydrogen) atoms. The molecule has 1 rings (SSSR count). The van der Waals surface area contributed by atoms with Gasteiger partial charge in [-0.3, -0.25) is 14.9 Å². The molecule has 0 saturated carbocycles. The van der Waals surface area contributed by atoms with E-state index in [0.29, 0.717) is 0 Å². The van der Waals surface area contributed by atoms with Crippen molar-refractivity contribution in [3.05, 3.63) is 45.6 Å². The predicted octanol–water partition coefficient (Wildman–Crippen LogP) is 2.79. The smallest absolute Gasteiger partial charge is 0.405 e. The van der Waals surface area contributed by atoms with Crippen molar-refractivity contribution < 1.29 is 27.6 Å². The zero-order valence-electron chi connectivity index (χ0n) is 9.60. The van der Waals surface area contributed by atoms with Gasteiger partial charge in [-0.05, 0) is 6.07 Å². The molecule has 0 fully saturated rings. The van der Waals surface area contributed by atoms with Gasteiger partial charge in [-0.15, -0.1) is 13.2 Å². The second-order valence-corrected chi connectivity index (χ2v) is 3.43. The van der Waals surface area contributed by atoms with Gasteiger partial charge in [-0.2, -0.15) is 0 Å². The average Bonchev–Trinajstić information content (AvgIpc) is 2.24. The van der Waals surface area contributed by atoms with Crippen LogP contribution in [-0.2, 0) is 4.79 Å². The van der Waals surface area contributed by atoms with E-state index in [9.17, 15) is 28.1 Å². The summed E-state index contributed by atoms with van der Waals surface area (Å²) in [4.78, 5) is 20.6. The number of carbonyl (C=O) groups excluding carboxylic acids is 1. The fraction of sp³-hybridized carbons (Fsp3) is 0.182. The first-order valence-corrected chi connectivity index (χ1v) is 4.92. The molecule has 0 N–H and O–H groups in total. The lowest BCUT2D eigenvalue weighted by Crippen LogP contribution is -2.18. The molecule has 0 radical (unpaired) electrons. The van der Waals surface area contributed by atoms with Gasteiger partial charge in [0.2, 0.25) is 5.78 Å². The van der Waals surface area contributed by atoms with Crippen LogP contribution in [0.1, 0.15) is 12.5 Å². The molecule has 0 spiro atoms. The van der Waals surface area contributed by atoms with Gasteiger partial charge in [0.15, 0.2) is 0 Å². The van der Waals surface area contributed by atoms with Gasteiger partial charge >= 0.3 is 12.1 Å². The lowest BCUT2D eigenvalue weighted by Gasteiger charge is -2.10. The number of ketones is 1. The molecule has 0 aromatic heterocycles. The predicted molar refractivity (Wildman–Crippen MR) is 58.8 cm³/mol. The van der Waals surface area contributed by atoms with E-state index in [1.165, 1.54) is 18.2 Å². The van der Waals surface area contributed by atoms with Crippen molar-refractivity contribution in [2.24, 2.45) is 0 Å². The summed E-state index contributed by atoms with van der Waals surface area (Å²) in [5, 5.41) is 10.6. The molecule has 8 heteroatoms. The Morgan fingerprint density at radius 3 is 2.42 bits per heavy atom. The number of para-hydroxylation sites is 1. The zero-order valence-corrected chi connectivity index (χ0v) is 9.60. The third kappa shape index (κ3) is 4.41. The van der Waals surface area contributed by atoms with Gasteiger partial charge in [0, 0.05) is 18.6 Å². The van der Waals surface area contributed by atoms with Crippen molar-refractivity contribution >= 4 is 11.9 Å². The van der Waals surface area contributed by atoms with Gasteiger partial charge in [-0.25, -0.2) is 0 Å². The summed E-state index contributed by atoms with van der Waals surface area (Å²) in [6, 6.07) is 4.81. The first-order valence-electron chi connectivity index (χ1n) is 4.92. The fourth-order valence-electron chi connectivity index (χ4n) is 1.25. The van der Waals surface area contributed by atoms with Gasteiger partial charge < -0.3 is 4.74 Å². The maximum Gasteiger partial charge on any atom is 0.573 e. The average molecular weight is 275 g/mol. The van der Waals surface area contributed by atoms with E-state index < -0.39 is 28.5 Å². The molecule has 0 aliphatic carbocycles. The third-order valence-corrected chi connectivity index (χ3v) is 1.99. The van der Waals surface area contributed by atoms with Crippen molar-refractivity contribution in [2.75, 3.05) is 0 Å². The minimum absolute atomic E-state index is 0.207. The second kappa shape index (κ2) is 5.51. The van der Waals surface area contributed by atoms with Crippen LogP contribution >= 0.6 is 0 Å². The molecule has 0 aliphatic rings. The Labute approximate surface area is 105 Å². The topological polar surface area (TPSA) is 69.4 Å². The Morgan fingerprint density at radius 1 is 1.37 bits per heavy atom. The van der Waals surface area contributed by atoms with Crippen molar-refractivity contribution in [3.63, 3.8) is 0 Å². The van der Waals surface area contributed by atoms with Crippen LogP contribution in [0.2, 0.25) is 0 Å². The number of nitro groups is 1. The normalized spacial score (nSPS) is 12.1. The number of allylic oxidation sites excluding steroid dienone is 1. The summed E-state index contributed by atoms with van der Waals surface area (Å²) < 4.78 is 40.1. The van der Waals surface area contributed by atoms with Crippen molar-refractivity contribution in [2.45, 2.75) is 13.3 Å². The SMILES string of the molecule is CC(=O)/C(=C\c1ccccc1OC(F)(F)F)[N+](=O)[O-]. The number of carbonyl (C=O) groups is 1. The van der Waals surface area contributed by atoms with E-state index in [-0.39, 0.29) is 5.56 Å². The van der Waals surface area contributed by atoms with Crippen LogP contribution in [0.3, 0.4) is 0 Å². The molecule has 0 unspecified atom stereocenters. The molecular formula is C11H8F3NO4. The Balaban J connectivity index is 3.24. The summed E-state index contributed by atoms with van der Waals surface area (Å²) in [6.07, 6.45) is -4.18. The summed E-state index contributed by atoms with van der Waals surface area (Å²) >= 11 is 0. The van der Waals surface area contributed by atoms with Crippen molar-refractivity contribution in [3.8, 4) is 5.75 Å². The Bertz CT molecular complexity index is 521. The fourth-order valence-corrected chi connectivity index (χ4v) is 1.25. The maximum atomic E-state index is 12.1. The van der Waals surface area contributed by atoms with Crippen molar-refractivity contribution in [1.82, 2.24) is 0 Å². The number of alkyl halides is 3. The van der Waals surface area contributed by atoms with E-state index in [0.717, 1.165) is 19.1 Å². The van der Waals surface area contributed by atoms with E-state index in [4.69, 9.17) is 0 Å². The number of benzene rings is 1. The molecule has 0 bridgehead atoms. The lowest BCUT2D eigenvalue weighted by molar-refractivity contribution is -0.417. The molecule has 1 aromatic rings. The largest absolute Gasteiger partial charge is 0.573 e. The van der Waals surface area contributed by atoms with E-state index in [2.05, 4.69) is 4.74 Å². The van der Waals surface area contributed by atoms with E-state index >= 15 is 0 Å². The highest BCUT2D eigenvalue weighted by molar-refractivity contribution is 5.95. The molecule has 0 saturated heterocycles. The summed E-state index contributed by atoms with van der Waals surface area (Å²) in [6.45, 7) is 0.946. The highest BCUT2D eigenvalue weighted by Crippen LogP contribution is 2.27. The first-order chi connectivity index (χ1) is 8.70. The van der Waals surface area contributed by atoms with Crippen LogP contribution in [0.5, 0.6) is 5.75 Å². The van der Waals surface area contributed by atoms with Gasteiger partial charge in [0.1, 0.15) is 5.75 Å². The van der Waals surface area contributed by atoms with E-state index in [1.54, 1.807) is 0 Å². The first kappa shape index (κ1) is 14.7. The number of ether oxygens (including phenoxy) is 1. The molecule has 0 aliphatic heterocycles. The minimum atomic E-state index is -4.92. The molecular weight excluding hydrogens is 267 g/mol. The monoisotopic (exact) mass is 275 g/mol. The quantitative estimate of drug-likeness (QED) is 0.481. The molecule has 0 heterocycles. The van der Waals surface area contributed by atoms with Gasteiger partial charge in [-0.1, -0.05) is 18.2 Å². The van der Waals surface area contributed by atoms with Crippen LogP contribution in [0.25, 0.3) is 6.08 Å². The lowest BCUT2D eigenvalue weighted by atomic mass is 10.1. The summed E-state index contributed by atoms with van der Waals surface area (Å²) in [5.41, 5.74) is -1.03. The number of hydrogen-bond donors (Lipinski definition) is 0.